The second-order valence-corrected chi connectivity index (χ2v) is 8.09. The summed E-state index contributed by atoms with van der Waals surface area (Å²) in [5.41, 5.74) is -0.0425. The van der Waals surface area contributed by atoms with Crippen molar-refractivity contribution in [1.82, 2.24) is 15.0 Å². The molecule has 2 saturated carbocycles. The predicted molar refractivity (Wildman–Crippen MR) is 90.5 cm³/mol. The van der Waals surface area contributed by atoms with E-state index in [1.807, 2.05) is 6.92 Å². The molecular weight excluding hydrogens is 302 g/mol. The summed E-state index contributed by atoms with van der Waals surface area (Å²) in [4.78, 5) is 19.6. The molecule has 5 nitrogen and oxygen atoms in total. The molecule has 1 saturated heterocycles. The van der Waals surface area contributed by atoms with Crippen molar-refractivity contribution >= 4 is 5.91 Å². The summed E-state index contributed by atoms with van der Waals surface area (Å²) in [7, 11) is 0. The van der Waals surface area contributed by atoms with Crippen molar-refractivity contribution < 1.29 is 9.32 Å². The fraction of sp³-hybridized carbons (Fsp3) is 0.842. The van der Waals surface area contributed by atoms with Crippen molar-refractivity contribution in [2.75, 3.05) is 13.1 Å². The molecule has 0 unspecified atom stereocenters. The van der Waals surface area contributed by atoms with Crippen molar-refractivity contribution in [2.24, 2.45) is 11.8 Å². The molecule has 24 heavy (non-hydrogen) atoms. The first-order chi connectivity index (χ1) is 11.7. The number of nitrogens with zero attached hydrogens (tertiary/aromatic N) is 3. The average molecular weight is 331 g/mol. The Morgan fingerprint density at radius 3 is 2.83 bits per heavy atom. The Hall–Kier alpha value is -1.39. The largest absolute Gasteiger partial charge is 0.341 e. The monoisotopic (exact) mass is 331 g/mol. The van der Waals surface area contributed by atoms with Gasteiger partial charge in [-0.25, -0.2) is 0 Å². The van der Waals surface area contributed by atoms with Gasteiger partial charge < -0.3 is 9.42 Å². The topological polar surface area (TPSA) is 59.2 Å². The zero-order valence-corrected chi connectivity index (χ0v) is 14.8. The molecule has 5 heteroatoms. The van der Waals surface area contributed by atoms with E-state index in [0.29, 0.717) is 17.7 Å². The first-order valence-corrected chi connectivity index (χ1v) is 9.82. The first-order valence-electron chi connectivity index (χ1n) is 9.82. The van der Waals surface area contributed by atoms with Crippen molar-refractivity contribution in [3.63, 3.8) is 0 Å². The number of hydrogen-bond donors (Lipinski definition) is 0. The summed E-state index contributed by atoms with van der Waals surface area (Å²) in [5, 5.41) is 4.29. The lowest BCUT2D eigenvalue weighted by molar-refractivity contribution is -0.131. The van der Waals surface area contributed by atoms with E-state index >= 15 is 0 Å². The molecule has 0 aromatic carbocycles. The Morgan fingerprint density at radius 2 is 2.08 bits per heavy atom. The molecule has 0 spiro atoms. The molecule has 2 heterocycles. The van der Waals surface area contributed by atoms with Gasteiger partial charge in [0.25, 0.3) is 0 Å². The third-order valence-electron chi connectivity index (χ3n) is 6.63. The Labute approximate surface area is 144 Å². The van der Waals surface area contributed by atoms with Gasteiger partial charge in [-0.05, 0) is 37.5 Å². The second kappa shape index (κ2) is 6.49. The lowest BCUT2D eigenvalue weighted by atomic mass is 9.80. The molecule has 0 radical (unpaired) electrons. The van der Waals surface area contributed by atoms with Gasteiger partial charge in [0.1, 0.15) is 0 Å². The SMILES string of the molecule is CCc1nc([C@@]23CCC[C@@H]2CN(C(=O)CC2CCCCC2)C3)no1. The van der Waals surface area contributed by atoms with Gasteiger partial charge in [-0.1, -0.05) is 37.8 Å². The summed E-state index contributed by atoms with van der Waals surface area (Å²) in [6, 6.07) is 0. The molecule has 2 aliphatic carbocycles. The van der Waals surface area contributed by atoms with Gasteiger partial charge in [-0.2, -0.15) is 4.98 Å². The van der Waals surface area contributed by atoms with Crippen LogP contribution in [-0.2, 0) is 16.6 Å². The molecule has 1 aromatic rings. The van der Waals surface area contributed by atoms with E-state index in [0.717, 1.165) is 44.1 Å². The maximum absolute atomic E-state index is 12.8. The lowest BCUT2D eigenvalue weighted by Gasteiger charge is -2.26. The van der Waals surface area contributed by atoms with Gasteiger partial charge in [0, 0.05) is 25.9 Å². The van der Waals surface area contributed by atoms with Crippen LogP contribution in [0.2, 0.25) is 0 Å². The van der Waals surface area contributed by atoms with Crippen LogP contribution in [0.25, 0.3) is 0 Å². The number of carbonyl (C=O) groups is 1. The van der Waals surface area contributed by atoms with Gasteiger partial charge in [0.2, 0.25) is 11.8 Å². The van der Waals surface area contributed by atoms with Gasteiger partial charge in [0.05, 0.1) is 5.41 Å². The summed E-state index contributed by atoms with van der Waals surface area (Å²) in [6.45, 7) is 3.73. The fourth-order valence-electron chi connectivity index (χ4n) is 5.21. The Kier molecular flexibility index (Phi) is 4.35. The van der Waals surface area contributed by atoms with Crippen LogP contribution in [0.15, 0.2) is 4.52 Å². The van der Waals surface area contributed by atoms with Crippen LogP contribution in [-0.4, -0.2) is 34.0 Å². The number of amides is 1. The van der Waals surface area contributed by atoms with Crippen molar-refractivity contribution in [1.29, 1.82) is 0 Å². The quantitative estimate of drug-likeness (QED) is 0.847. The summed E-state index contributed by atoms with van der Waals surface area (Å²) in [6.07, 6.45) is 11.4. The second-order valence-electron chi connectivity index (χ2n) is 8.09. The van der Waals surface area contributed by atoms with Gasteiger partial charge in [0.15, 0.2) is 5.82 Å². The molecule has 1 aliphatic heterocycles. The Balaban J connectivity index is 1.47. The van der Waals surface area contributed by atoms with Crippen molar-refractivity contribution in [2.45, 2.75) is 76.5 Å². The Morgan fingerprint density at radius 1 is 1.25 bits per heavy atom. The molecule has 3 aliphatic rings. The van der Waals surface area contributed by atoms with Gasteiger partial charge in [-0.3, -0.25) is 4.79 Å². The van der Waals surface area contributed by atoms with Crippen LogP contribution >= 0.6 is 0 Å². The van der Waals surface area contributed by atoms with E-state index in [1.165, 1.54) is 44.9 Å². The number of hydrogen-bond acceptors (Lipinski definition) is 4. The average Bonchev–Trinajstić information content (AvgIpc) is 3.29. The van der Waals surface area contributed by atoms with E-state index in [-0.39, 0.29) is 5.41 Å². The number of rotatable bonds is 4. The normalized spacial score (nSPS) is 30.7. The van der Waals surface area contributed by atoms with Crippen molar-refractivity contribution in [3.05, 3.63) is 11.7 Å². The highest BCUT2D eigenvalue weighted by atomic mass is 16.5. The number of aryl methyl sites for hydroxylation is 1. The van der Waals surface area contributed by atoms with Crippen LogP contribution < -0.4 is 0 Å². The smallest absolute Gasteiger partial charge is 0.226 e. The molecule has 0 N–H and O–H groups in total. The number of fused-ring (bicyclic) bond motifs is 1. The maximum Gasteiger partial charge on any atom is 0.226 e. The maximum atomic E-state index is 12.8. The minimum absolute atomic E-state index is 0.0425. The Bertz CT molecular complexity index is 593. The van der Waals surface area contributed by atoms with E-state index in [9.17, 15) is 4.79 Å². The first kappa shape index (κ1) is 16.1. The highest BCUT2D eigenvalue weighted by Gasteiger charge is 2.54. The molecule has 3 fully saturated rings. The van der Waals surface area contributed by atoms with Crippen LogP contribution in [0.4, 0.5) is 0 Å². The number of aromatic nitrogens is 2. The van der Waals surface area contributed by atoms with Gasteiger partial charge >= 0.3 is 0 Å². The lowest BCUT2D eigenvalue weighted by Crippen LogP contribution is -2.36. The minimum Gasteiger partial charge on any atom is -0.341 e. The highest BCUT2D eigenvalue weighted by molar-refractivity contribution is 5.77. The van der Waals surface area contributed by atoms with Crippen LogP contribution in [0.3, 0.4) is 0 Å². The van der Waals surface area contributed by atoms with E-state index in [2.05, 4.69) is 15.0 Å². The molecular formula is C19H29N3O2. The fourth-order valence-corrected chi connectivity index (χ4v) is 5.21. The third kappa shape index (κ3) is 2.76. The summed E-state index contributed by atoms with van der Waals surface area (Å²) >= 11 is 0. The van der Waals surface area contributed by atoms with Crippen molar-refractivity contribution in [3.8, 4) is 0 Å². The highest BCUT2D eigenvalue weighted by Crippen LogP contribution is 2.49. The van der Waals surface area contributed by atoms with E-state index < -0.39 is 0 Å². The van der Waals surface area contributed by atoms with E-state index in [1.54, 1.807) is 0 Å². The van der Waals surface area contributed by atoms with Gasteiger partial charge in [-0.15, -0.1) is 0 Å². The standard InChI is InChI=1S/C19H29N3O2/c1-2-16-20-18(21-24-16)19-10-6-9-15(19)12-22(13-19)17(23)11-14-7-4-3-5-8-14/h14-15H,2-13H2,1H3/t15-,19-/m1/s1. The summed E-state index contributed by atoms with van der Waals surface area (Å²) < 4.78 is 5.38. The van der Waals surface area contributed by atoms with Crippen LogP contribution in [0.1, 0.15) is 76.4 Å². The molecule has 2 atom stereocenters. The van der Waals surface area contributed by atoms with Crippen LogP contribution in [0, 0.1) is 11.8 Å². The molecule has 1 amide bonds. The summed E-state index contributed by atoms with van der Waals surface area (Å²) in [5.74, 6) is 3.05. The zero-order valence-electron chi connectivity index (χ0n) is 14.8. The molecule has 4 rings (SSSR count). The van der Waals surface area contributed by atoms with Crippen LogP contribution in [0.5, 0.6) is 0 Å². The molecule has 1 aromatic heterocycles. The zero-order chi connectivity index (χ0) is 16.6. The molecule has 0 bridgehead atoms. The number of carbonyl (C=O) groups excluding carboxylic acids is 1. The third-order valence-corrected chi connectivity index (χ3v) is 6.63. The predicted octanol–water partition coefficient (Wildman–Crippen LogP) is 3.48. The minimum atomic E-state index is -0.0425. The van der Waals surface area contributed by atoms with E-state index in [4.69, 9.17) is 4.52 Å². The molecule has 132 valence electrons. The number of likely N-dealkylation sites (tertiary alicyclic amines) is 1.